The van der Waals surface area contributed by atoms with Crippen molar-refractivity contribution in [2.45, 2.75) is 13.8 Å². The van der Waals surface area contributed by atoms with Gasteiger partial charge in [0, 0.05) is 11.1 Å². The minimum Gasteiger partial charge on any atom is -0.493 e. The largest absolute Gasteiger partial charge is 0.493 e. The van der Waals surface area contributed by atoms with Gasteiger partial charge in [0.25, 0.3) is 0 Å². The Morgan fingerprint density at radius 1 is 0.529 bits per heavy atom. The fourth-order valence-corrected chi connectivity index (χ4v) is 2.98. The maximum Gasteiger partial charge on any atom is 0.391 e. The number of nitro benzene ring substituents is 4. The summed E-state index contributed by atoms with van der Waals surface area (Å²) >= 11 is 0. The van der Waals surface area contributed by atoms with Gasteiger partial charge in [-0.1, -0.05) is 0 Å². The molecule has 2 rings (SSSR count). The van der Waals surface area contributed by atoms with Crippen molar-refractivity contribution < 1.29 is 38.6 Å². The van der Waals surface area contributed by atoms with E-state index in [1.54, 1.807) is 0 Å². The lowest BCUT2D eigenvalue weighted by molar-refractivity contribution is -0.423. The number of hydrogen-bond donors (Lipinski definition) is 0. The van der Waals surface area contributed by atoms with E-state index in [0.717, 1.165) is 0 Å². The van der Waals surface area contributed by atoms with Crippen LogP contribution in [-0.2, 0) is 0 Å². The molecule has 2 aromatic carbocycles. The van der Waals surface area contributed by atoms with Crippen LogP contribution in [0.25, 0.3) is 0 Å². The SMILES string of the molecule is COc1cc(C)c([N+](=O)[O-])c([N+](=O)[O-])c1OC.COc1cc(C)c([N+](=O)[O-])c([N+](=O)[O-])c1OC. The van der Waals surface area contributed by atoms with Gasteiger partial charge in [0.05, 0.1) is 48.1 Å². The fourth-order valence-electron chi connectivity index (χ4n) is 2.98. The molecule has 0 aliphatic heterocycles. The predicted octanol–water partition coefficient (Wildman–Crippen LogP) is 3.66. The molecular weight excluding hydrogens is 464 g/mol. The van der Waals surface area contributed by atoms with Crippen molar-refractivity contribution in [1.29, 1.82) is 0 Å². The number of nitro groups is 4. The first kappa shape index (κ1) is 27.3. The Morgan fingerprint density at radius 3 is 0.971 bits per heavy atom. The second-order valence-electron chi connectivity index (χ2n) is 6.28. The standard InChI is InChI=1S/2C9H10N2O6/c2*1-5-4-6(16-2)9(17-3)8(11(14)15)7(5)10(12)13/h2*4H,1-3H3. The van der Waals surface area contributed by atoms with Crippen LogP contribution < -0.4 is 18.9 Å². The van der Waals surface area contributed by atoms with Crippen molar-refractivity contribution in [3.05, 3.63) is 63.7 Å². The first-order valence-electron chi connectivity index (χ1n) is 8.96. The van der Waals surface area contributed by atoms with Gasteiger partial charge in [-0.2, -0.15) is 0 Å². The number of hydrogen-bond acceptors (Lipinski definition) is 12. The third-order valence-corrected chi connectivity index (χ3v) is 4.35. The fraction of sp³-hybridized carbons (Fsp3) is 0.333. The number of ether oxygens (including phenoxy) is 4. The van der Waals surface area contributed by atoms with Crippen LogP contribution >= 0.6 is 0 Å². The van der Waals surface area contributed by atoms with E-state index >= 15 is 0 Å². The van der Waals surface area contributed by atoms with Gasteiger partial charge in [0.1, 0.15) is 0 Å². The highest BCUT2D eigenvalue weighted by Gasteiger charge is 2.36. The van der Waals surface area contributed by atoms with E-state index in [2.05, 4.69) is 0 Å². The Balaban J connectivity index is 0.000000340. The van der Waals surface area contributed by atoms with Crippen LogP contribution in [0.2, 0.25) is 0 Å². The van der Waals surface area contributed by atoms with E-state index in [1.807, 2.05) is 0 Å². The molecule has 0 spiro atoms. The average molecular weight is 484 g/mol. The molecule has 184 valence electrons. The third kappa shape index (κ3) is 5.34. The number of benzene rings is 2. The summed E-state index contributed by atoms with van der Waals surface area (Å²) in [6, 6.07) is 2.65. The topological polar surface area (TPSA) is 209 Å². The zero-order valence-corrected chi connectivity index (χ0v) is 18.8. The highest BCUT2D eigenvalue weighted by atomic mass is 16.7. The molecule has 2 aromatic rings. The molecule has 0 aromatic heterocycles. The molecule has 34 heavy (non-hydrogen) atoms. The zero-order chi connectivity index (χ0) is 26.3. The summed E-state index contributed by atoms with van der Waals surface area (Å²) in [5.74, 6) is -0.339. The van der Waals surface area contributed by atoms with Gasteiger partial charge >= 0.3 is 22.7 Å². The summed E-state index contributed by atoms with van der Waals surface area (Å²) in [7, 11) is 4.97. The lowest BCUT2D eigenvalue weighted by Gasteiger charge is -2.09. The van der Waals surface area contributed by atoms with Gasteiger partial charge in [0.2, 0.25) is 11.5 Å². The smallest absolute Gasteiger partial charge is 0.391 e. The number of methoxy groups -OCH3 is 4. The van der Waals surface area contributed by atoms with Gasteiger partial charge in [-0.15, -0.1) is 0 Å². The van der Waals surface area contributed by atoms with Crippen LogP contribution in [0.4, 0.5) is 22.7 Å². The number of rotatable bonds is 8. The van der Waals surface area contributed by atoms with Crippen LogP contribution in [0.5, 0.6) is 23.0 Å². The molecule has 0 N–H and O–H groups in total. The maximum atomic E-state index is 10.9. The first-order valence-corrected chi connectivity index (χ1v) is 8.96. The first-order chi connectivity index (χ1) is 15.9. The van der Waals surface area contributed by atoms with Gasteiger partial charge in [-0.3, -0.25) is 40.5 Å². The van der Waals surface area contributed by atoms with Gasteiger partial charge in [0.15, 0.2) is 11.5 Å². The van der Waals surface area contributed by atoms with Crippen molar-refractivity contribution in [3.8, 4) is 23.0 Å². The molecule has 0 saturated carbocycles. The lowest BCUT2D eigenvalue weighted by Crippen LogP contribution is -2.03. The molecule has 16 nitrogen and oxygen atoms in total. The zero-order valence-electron chi connectivity index (χ0n) is 18.8. The van der Waals surface area contributed by atoms with Crippen molar-refractivity contribution >= 4 is 22.7 Å². The molecule has 0 fully saturated rings. The summed E-state index contributed by atoms with van der Waals surface area (Å²) in [6.45, 7) is 2.79. The molecule has 0 bridgehead atoms. The van der Waals surface area contributed by atoms with E-state index in [0.29, 0.717) is 0 Å². The molecule has 0 unspecified atom stereocenters. The quantitative estimate of drug-likeness (QED) is 0.388. The molecule has 0 radical (unpaired) electrons. The van der Waals surface area contributed by atoms with E-state index < -0.39 is 42.4 Å². The summed E-state index contributed by atoms with van der Waals surface area (Å²) in [5.41, 5.74) is -2.30. The summed E-state index contributed by atoms with van der Waals surface area (Å²) < 4.78 is 19.4. The molecule has 0 atom stereocenters. The Hall–Kier alpha value is -4.76. The van der Waals surface area contributed by atoms with Gasteiger partial charge in [-0.25, -0.2) is 0 Å². The van der Waals surface area contributed by atoms with Crippen molar-refractivity contribution in [1.82, 2.24) is 0 Å². The predicted molar refractivity (Wildman–Crippen MR) is 115 cm³/mol. The lowest BCUT2D eigenvalue weighted by atomic mass is 10.1. The number of aryl methyl sites for hydroxylation is 2. The molecular formula is C18H20N4O12. The molecule has 16 heteroatoms. The molecule has 0 aliphatic rings. The molecule has 0 aliphatic carbocycles. The second-order valence-corrected chi connectivity index (χ2v) is 6.28. The van der Waals surface area contributed by atoms with Crippen LogP contribution in [-0.4, -0.2) is 48.1 Å². The summed E-state index contributed by atoms with van der Waals surface area (Å²) in [5, 5.41) is 43.4. The van der Waals surface area contributed by atoms with Gasteiger partial charge < -0.3 is 18.9 Å². The average Bonchev–Trinajstić information content (AvgIpc) is 2.76. The highest BCUT2D eigenvalue weighted by molar-refractivity contribution is 5.71. The number of nitrogens with zero attached hydrogens (tertiary/aromatic N) is 4. The Bertz CT molecular complexity index is 1060. The summed E-state index contributed by atoms with van der Waals surface area (Å²) in [6.07, 6.45) is 0. The summed E-state index contributed by atoms with van der Waals surface area (Å²) in [4.78, 5) is 40.1. The molecule has 0 saturated heterocycles. The van der Waals surface area contributed by atoms with Gasteiger partial charge in [-0.05, 0) is 26.0 Å². The molecule has 0 heterocycles. The van der Waals surface area contributed by atoms with Crippen LogP contribution in [0.3, 0.4) is 0 Å². The van der Waals surface area contributed by atoms with E-state index in [1.165, 1.54) is 54.4 Å². The van der Waals surface area contributed by atoms with Crippen LogP contribution in [0, 0.1) is 54.3 Å². The van der Waals surface area contributed by atoms with Crippen LogP contribution in [0.15, 0.2) is 12.1 Å². The molecule has 0 amide bonds. The Labute approximate surface area is 191 Å². The van der Waals surface area contributed by atoms with Crippen molar-refractivity contribution in [2.75, 3.05) is 28.4 Å². The minimum absolute atomic E-state index is 0.0855. The van der Waals surface area contributed by atoms with E-state index in [-0.39, 0.29) is 34.1 Å². The third-order valence-electron chi connectivity index (χ3n) is 4.35. The second kappa shape index (κ2) is 11.2. The van der Waals surface area contributed by atoms with Crippen molar-refractivity contribution in [2.24, 2.45) is 0 Å². The minimum atomic E-state index is -0.855. The maximum absolute atomic E-state index is 10.9. The van der Waals surface area contributed by atoms with E-state index in [4.69, 9.17) is 18.9 Å². The van der Waals surface area contributed by atoms with Crippen LogP contribution in [0.1, 0.15) is 11.1 Å². The monoisotopic (exact) mass is 484 g/mol. The van der Waals surface area contributed by atoms with Crippen molar-refractivity contribution in [3.63, 3.8) is 0 Å². The van der Waals surface area contributed by atoms with E-state index in [9.17, 15) is 40.5 Å². The Kier molecular flexibility index (Phi) is 8.99. The highest BCUT2D eigenvalue weighted by Crippen LogP contribution is 2.46. The Morgan fingerprint density at radius 2 is 0.794 bits per heavy atom. The normalized spacial score (nSPS) is 9.82.